The van der Waals surface area contributed by atoms with Crippen molar-refractivity contribution in [1.29, 1.82) is 0 Å². The van der Waals surface area contributed by atoms with Gasteiger partial charge in [0.05, 0.1) is 12.0 Å². The van der Waals surface area contributed by atoms with Gasteiger partial charge in [-0.2, -0.15) is 0 Å². The van der Waals surface area contributed by atoms with Gasteiger partial charge in [-0.3, -0.25) is 9.59 Å². The minimum absolute atomic E-state index is 0.163. The van der Waals surface area contributed by atoms with Gasteiger partial charge in [0.2, 0.25) is 0 Å². The molecule has 7 heteroatoms. The molecule has 2 aromatic rings. The standard InChI is InChI=1S/C14H18N2O3S2/c1-6-19-12(18)14(4,5)21-13-15-10(17)9-7(2)8(3)20-11(9)16-13/h6H2,1-5H3,(H,15,16,17). The van der Waals surface area contributed by atoms with E-state index in [1.54, 1.807) is 20.8 Å². The van der Waals surface area contributed by atoms with Gasteiger partial charge in [-0.25, -0.2) is 4.98 Å². The summed E-state index contributed by atoms with van der Waals surface area (Å²) in [5.74, 6) is -0.323. The molecule has 2 rings (SSSR count). The minimum Gasteiger partial charge on any atom is -0.465 e. The van der Waals surface area contributed by atoms with Crippen LogP contribution in [-0.4, -0.2) is 27.3 Å². The summed E-state index contributed by atoms with van der Waals surface area (Å²) in [5, 5.41) is 1.07. The normalized spacial score (nSPS) is 11.9. The number of fused-ring (bicyclic) bond motifs is 1. The van der Waals surface area contributed by atoms with Crippen LogP contribution in [0.3, 0.4) is 0 Å². The molecule has 0 bridgehead atoms. The fourth-order valence-electron chi connectivity index (χ4n) is 1.87. The van der Waals surface area contributed by atoms with Crippen LogP contribution in [0.15, 0.2) is 9.95 Å². The number of aromatic nitrogens is 2. The number of hydrogen-bond donors (Lipinski definition) is 1. The van der Waals surface area contributed by atoms with E-state index in [1.807, 2.05) is 13.8 Å². The van der Waals surface area contributed by atoms with Gasteiger partial charge in [0, 0.05) is 4.88 Å². The number of H-pyrrole nitrogens is 1. The van der Waals surface area contributed by atoms with Crippen LogP contribution < -0.4 is 5.56 Å². The van der Waals surface area contributed by atoms with Gasteiger partial charge in [0.1, 0.15) is 9.58 Å². The average Bonchev–Trinajstić information content (AvgIpc) is 2.64. The summed E-state index contributed by atoms with van der Waals surface area (Å²) in [6.07, 6.45) is 0. The summed E-state index contributed by atoms with van der Waals surface area (Å²) in [7, 11) is 0. The number of thiophene rings is 1. The number of esters is 1. The van der Waals surface area contributed by atoms with Crippen LogP contribution >= 0.6 is 23.1 Å². The van der Waals surface area contributed by atoms with E-state index in [9.17, 15) is 9.59 Å². The molecular formula is C14H18N2O3S2. The molecule has 0 spiro atoms. The molecular weight excluding hydrogens is 308 g/mol. The van der Waals surface area contributed by atoms with E-state index in [4.69, 9.17) is 4.74 Å². The summed E-state index contributed by atoms with van der Waals surface area (Å²) in [5.41, 5.74) is 0.800. The quantitative estimate of drug-likeness (QED) is 0.531. The Morgan fingerprint density at radius 2 is 2.10 bits per heavy atom. The van der Waals surface area contributed by atoms with Crippen molar-refractivity contribution in [2.45, 2.75) is 44.5 Å². The Morgan fingerprint density at radius 3 is 2.71 bits per heavy atom. The number of aryl methyl sites for hydroxylation is 2. The number of carbonyl (C=O) groups excluding carboxylic acids is 1. The van der Waals surface area contributed by atoms with Crippen molar-refractivity contribution >= 4 is 39.3 Å². The smallest absolute Gasteiger partial charge is 0.322 e. The molecule has 0 saturated heterocycles. The molecule has 0 unspecified atom stereocenters. The molecule has 21 heavy (non-hydrogen) atoms. The third-order valence-electron chi connectivity index (χ3n) is 3.14. The first-order chi connectivity index (χ1) is 9.76. The molecule has 0 atom stereocenters. The number of thioether (sulfide) groups is 1. The number of carbonyl (C=O) groups is 1. The number of ether oxygens (including phenoxy) is 1. The van der Waals surface area contributed by atoms with Gasteiger partial charge in [0.15, 0.2) is 5.16 Å². The summed E-state index contributed by atoms with van der Waals surface area (Å²) in [4.78, 5) is 33.1. The van der Waals surface area contributed by atoms with Crippen LogP contribution in [0, 0.1) is 13.8 Å². The second-order valence-corrected chi connectivity index (χ2v) is 7.98. The Labute approximate surface area is 131 Å². The molecule has 0 aromatic carbocycles. The Bertz CT molecular complexity index is 746. The van der Waals surface area contributed by atoms with Crippen molar-refractivity contribution in [2.75, 3.05) is 6.61 Å². The number of rotatable bonds is 4. The lowest BCUT2D eigenvalue weighted by atomic mass is 10.2. The SMILES string of the molecule is CCOC(=O)C(C)(C)Sc1nc2sc(C)c(C)c2c(=O)[nH]1. The lowest BCUT2D eigenvalue weighted by Crippen LogP contribution is -2.30. The van der Waals surface area contributed by atoms with E-state index in [0.29, 0.717) is 22.0 Å². The van der Waals surface area contributed by atoms with Crippen LogP contribution in [0.25, 0.3) is 10.2 Å². The van der Waals surface area contributed by atoms with Crippen molar-refractivity contribution < 1.29 is 9.53 Å². The van der Waals surface area contributed by atoms with Gasteiger partial charge in [-0.05, 0) is 40.2 Å². The van der Waals surface area contributed by atoms with E-state index in [1.165, 1.54) is 23.1 Å². The van der Waals surface area contributed by atoms with Crippen LogP contribution in [-0.2, 0) is 9.53 Å². The topological polar surface area (TPSA) is 72.0 Å². The zero-order chi connectivity index (χ0) is 15.8. The van der Waals surface area contributed by atoms with Crippen LogP contribution in [0.4, 0.5) is 0 Å². The number of nitrogens with zero attached hydrogens (tertiary/aromatic N) is 1. The highest BCUT2D eigenvalue weighted by atomic mass is 32.2. The summed E-state index contributed by atoms with van der Waals surface area (Å²) in [6, 6.07) is 0. The van der Waals surface area contributed by atoms with Crippen molar-refractivity contribution in [3.05, 3.63) is 20.8 Å². The predicted molar refractivity (Wildman–Crippen MR) is 86.3 cm³/mol. The highest BCUT2D eigenvalue weighted by Gasteiger charge is 2.32. The second kappa shape index (κ2) is 5.81. The van der Waals surface area contributed by atoms with Crippen molar-refractivity contribution in [3.8, 4) is 0 Å². The predicted octanol–water partition coefficient (Wildman–Crippen LogP) is 3.04. The van der Waals surface area contributed by atoms with Crippen LogP contribution in [0.5, 0.6) is 0 Å². The first-order valence-corrected chi connectivity index (χ1v) is 8.25. The largest absolute Gasteiger partial charge is 0.465 e. The van der Waals surface area contributed by atoms with E-state index in [-0.39, 0.29) is 11.5 Å². The molecule has 0 radical (unpaired) electrons. The van der Waals surface area contributed by atoms with E-state index in [0.717, 1.165) is 10.4 Å². The maximum absolute atomic E-state index is 12.2. The first kappa shape index (κ1) is 16.0. The molecule has 0 fully saturated rings. The molecule has 0 aliphatic rings. The molecule has 0 aliphatic carbocycles. The summed E-state index contributed by atoms with van der Waals surface area (Å²) >= 11 is 2.69. The number of hydrogen-bond acceptors (Lipinski definition) is 6. The minimum atomic E-state index is -0.805. The van der Waals surface area contributed by atoms with Crippen molar-refractivity contribution in [1.82, 2.24) is 9.97 Å². The van der Waals surface area contributed by atoms with E-state index in [2.05, 4.69) is 9.97 Å². The average molecular weight is 326 g/mol. The molecule has 2 heterocycles. The maximum atomic E-state index is 12.2. The van der Waals surface area contributed by atoms with Gasteiger partial charge in [-0.1, -0.05) is 11.8 Å². The van der Waals surface area contributed by atoms with Gasteiger partial charge >= 0.3 is 5.97 Å². The molecule has 0 saturated carbocycles. The Balaban J connectivity index is 2.40. The van der Waals surface area contributed by atoms with Crippen molar-refractivity contribution in [3.63, 3.8) is 0 Å². The first-order valence-electron chi connectivity index (χ1n) is 6.62. The van der Waals surface area contributed by atoms with E-state index < -0.39 is 4.75 Å². The van der Waals surface area contributed by atoms with Crippen LogP contribution in [0.1, 0.15) is 31.2 Å². The van der Waals surface area contributed by atoms with Crippen molar-refractivity contribution in [2.24, 2.45) is 0 Å². The van der Waals surface area contributed by atoms with Gasteiger partial charge < -0.3 is 9.72 Å². The fraction of sp³-hybridized carbons (Fsp3) is 0.500. The van der Waals surface area contributed by atoms with E-state index >= 15 is 0 Å². The third-order valence-corrected chi connectivity index (χ3v) is 5.30. The molecule has 1 N–H and O–H groups in total. The Hall–Kier alpha value is -1.34. The highest BCUT2D eigenvalue weighted by molar-refractivity contribution is 8.01. The van der Waals surface area contributed by atoms with Gasteiger partial charge in [0.25, 0.3) is 5.56 Å². The lowest BCUT2D eigenvalue weighted by molar-refractivity contribution is -0.145. The Morgan fingerprint density at radius 1 is 1.43 bits per heavy atom. The second-order valence-electron chi connectivity index (χ2n) is 5.17. The fourth-order valence-corrected chi connectivity index (χ4v) is 3.87. The monoisotopic (exact) mass is 326 g/mol. The van der Waals surface area contributed by atoms with Crippen LogP contribution in [0.2, 0.25) is 0 Å². The molecule has 0 aliphatic heterocycles. The zero-order valence-electron chi connectivity index (χ0n) is 12.7. The zero-order valence-corrected chi connectivity index (χ0v) is 14.3. The molecule has 0 amide bonds. The highest BCUT2D eigenvalue weighted by Crippen LogP contribution is 2.33. The number of nitrogens with one attached hydrogen (secondary N) is 1. The summed E-state index contributed by atoms with van der Waals surface area (Å²) < 4.78 is 4.24. The molecule has 114 valence electrons. The summed E-state index contributed by atoms with van der Waals surface area (Å²) in [6.45, 7) is 9.49. The lowest BCUT2D eigenvalue weighted by Gasteiger charge is -2.20. The third kappa shape index (κ3) is 3.13. The molecule has 2 aromatic heterocycles. The maximum Gasteiger partial charge on any atom is 0.322 e. The van der Waals surface area contributed by atoms with Gasteiger partial charge in [-0.15, -0.1) is 11.3 Å². The molecule has 5 nitrogen and oxygen atoms in total. The number of aromatic amines is 1. The Kier molecular flexibility index (Phi) is 4.43.